The van der Waals surface area contributed by atoms with Crippen LogP contribution in [0.15, 0.2) is 30.4 Å². The number of hydrogen-bond acceptors (Lipinski definition) is 3. The van der Waals surface area contributed by atoms with E-state index in [0.717, 1.165) is 28.2 Å². The van der Waals surface area contributed by atoms with E-state index < -0.39 is 23.8 Å². The third-order valence-corrected chi connectivity index (χ3v) is 3.28. The Morgan fingerprint density at radius 3 is 2.26 bits per heavy atom. The topological polar surface area (TPSA) is 74.7 Å². The highest BCUT2D eigenvalue weighted by Crippen LogP contribution is 2.28. The minimum absolute atomic E-state index is 0.456. The van der Waals surface area contributed by atoms with E-state index in [9.17, 15) is 19.5 Å². The largest absolute Gasteiger partial charge is 0.479 e. The second-order valence-electron chi connectivity index (χ2n) is 4.41. The van der Waals surface area contributed by atoms with Gasteiger partial charge in [-0.05, 0) is 30.5 Å². The summed E-state index contributed by atoms with van der Waals surface area (Å²) in [4.78, 5) is 35.5. The zero-order valence-electron chi connectivity index (χ0n) is 10.6. The van der Waals surface area contributed by atoms with E-state index in [4.69, 9.17) is 0 Å². The van der Waals surface area contributed by atoms with Gasteiger partial charge in [0.05, 0.1) is 0 Å². The molecule has 0 aliphatic carbocycles. The standard InChI is InChI=1S/C14H13NO4/c1-8-4-3-5-10(9(8)2)13(14(18)19)15-11(16)6-7-12(15)17/h3-7,13H,1-2H3,(H,18,19). The first-order valence-electron chi connectivity index (χ1n) is 5.77. The number of hydrogen-bond donors (Lipinski definition) is 1. The van der Waals surface area contributed by atoms with Gasteiger partial charge in [0, 0.05) is 12.2 Å². The first kappa shape index (κ1) is 13.0. The van der Waals surface area contributed by atoms with Gasteiger partial charge in [0.25, 0.3) is 11.8 Å². The van der Waals surface area contributed by atoms with Crippen molar-refractivity contribution >= 4 is 17.8 Å². The average Bonchev–Trinajstić information content (AvgIpc) is 2.66. The molecule has 0 radical (unpaired) electrons. The Balaban J connectivity index is 2.53. The van der Waals surface area contributed by atoms with E-state index in [1.165, 1.54) is 0 Å². The first-order valence-corrected chi connectivity index (χ1v) is 5.77. The highest BCUT2D eigenvalue weighted by molar-refractivity contribution is 6.14. The molecule has 0 saturated heterocycles. The van der Waals surface area contributed by atoms with Crippen molar-refractivity contribution in [3.05, 3.63) is 47.0 Å². The number of rotatable bonds is 3. The lowest BCUT2D eigenvalue weighted by Gasteiger charge is -2.24. The van der Waals surface area contributed by atoms with Crippen molar-refractivity contribution in [2.24, 2.45) is 0 Å². The second kappa shape index (κ2) is 4.68. The van der Waals surface area contributed by atoms with E-state index >= 15 is 0 Å². The van der Waals surface area contributed by atoms with Crippen molar-refractivity contribution in [3.8, 4) is 0 Å². The molecule has 0 bridgehead atoms. The lowest BCUT2D eigenvalue weighted by Crippen LogP contribution is -2.39. The number of nitrogens with zero attached hydrogens (tertiary/aromatic N) is 1. The number of carboxylic acids is 1. The molecule has 1 aromatic rings. The number of amides is 2. The lowest BCUT2D eigenvalue weighted by molar-refractivity contribution is -0.153. The molecule has 5 nitrogen and oxygen atoms in total. The number of carboxylic acid groups (broad SMARTS) is 1. The Labute approximate surface area is 110 Å². The number of aliphatic carboxylic acids is 1. The lowest BCUT2D eigenvalue weighted by atomic mass is 9.96. The van der Waals surface area contributed by atoms with Gasteiger partial charge in [0.1, 0.15) is 0 Å². The number of carbonyl (C=O) groups is 3. The van der Waals surface area contributed by atoms with Gasteiger partial charge in [-0.2, -0.15) is 0 Å². The van der Waals surface area contributed by atoms with E-state index in [1.807, 2.05) is 13.0 Å². The summed E-state index contributed by atoms with van der Waals surface area (Å²) in [5.41, 5.74) is 2.14. The van der Waals surface area contributed by atoms with Crippen molar-refractivity contribution in [2.45, 2.75) is 19.9 Å². The molecule has 0 fully saturated rings. The molecule has 1 N–H and O–H groups in total. The highest BCUT2D eigenvalue weighted by atomic mass is 16.4. The number of aryl methyl sites for hydroxylation is 1. The van der Waals surface area contributed by atoms with Crippen molar-refractivity contribution in [1.29, 1.82) is 0 Å². The van der Waals surface area contributed by atoms with Crippen molar-refractivity contribution in [2.75, 3.05) is 0 Å². The Kier molecular flexibility index (Phi) is 3.21. The van der Waals surface area contributed by atoms with Crippen LogP contribution in [0.3, 0.4) is 0 Å². The highest BCUT2D eigenvalue weighted by Gasteiger charge is 2.37. The van der Waals surface area contributed by atoms with Crippen LogP contribution in [-0.4, -0.2) is 27.8 Å². The predicted octanol–water partition coefficient (Wildman–Crippen LogP) is 1.35. The third-order valence-electron chi connectivity index (χ3n) is 3.28. The molecule has 2 rings (SSSR count). The fourth-order valence-corrected chi connectivity index (χ4v) is 2.12. The molecule has 0 aromatic heterocycles. The van der Waals surface area contributed by atoms with Crippen molar-refractivity contribution in [1.82, 2.24) is 4.90 Å². The van der Waals surface area contributed by atoms with Gasteiger partial charge in [-0.3, -0.25) is 14.5 Å². The summed E-state index contributed by atoms with van der Waals surface area (Å²) in [7, 11) is 0. The quantitative estimate of drug-likeness (QED) is 0.831. The summed E-state index contributed by atoms with van der Waals surface area (Å²) in [5, 5.41) is 9.36. The second-order valence-corrected chi connectivity index (χ2v) is 4.41. The Hall–Kier alpha value is -2.43. The summed E-state index contributed by atoms with van der Waals surface area (Å²) in [6.07, 6.45) is 2.17. The average molecular weight is 259 g/mol. The predicted molar refractivity (Wildman–Crippen MR) is 67.3 cm³/mol. The zero-order valence-corrected chi connectivity index (χ0v) is 10.6. The molecule has 5 heteroatoms. The summed E-state index contributed by atoms with van der Waals surface area (Å²) < 4.78 is 0. The third kappa shape index (κ3) is 2.14. The van der Waals surface area contributed by atoms with Gasteiger partial charge in [-0.1, -0.05) is 18.2 Å². The fraction of sp³-hybridized carbons (Fsp3) is 0.214. The molecule has 0 saturated carbocycles. The molecule has 1 atom stereocenters. The van der Waals surface area contributed by atoms with Crippen molar-refractivity contribution < 1.29 is 19.5 Å². The number of carbonyl (C=O) groups excluding carboxylic acids is 2. The van der Waals surface area contributed by atoms with Gasteiger partial charge in [0.15, 0.2) is 6.04 Å². The van der Waals surface area contributed by atoms with Crippen LogP contribution in [0, 0.1) is 13.8 Å². The molecular weight excluding hydrogens is 246 g/mol. The van der Waals surface area contributed by atoms with Crippen LogP contribution < -0.4 is 0 Å². The summed E-state index contributed by atoms with van der Waals surface area (Å²) >= 11 is 0. The summed E-state index contributed by atoms with van der Waals surface area (Å²) in [5.74, 6) is -2.42. The molecule has 1 aromatic carbocycles. The van der Waals surface area contributed by atoms with Crippen LogP contribution in [0.2, 0.25) is 0 Å². The molecule has 1 aliphatic heterocycles. The molecule has 19 heavy (non-hydrogen) atoms. The molecule has 1 aliphatic rings. The molecule has 1 heterocycles. The molecule has 2 amide bonds. The van der Waals surface area contributed by atoms with Crippen molar-refractivity contribution in [3.63, 3.8) is 0 Å². The maximum atomic E-state index is 11.7. The van der Waals surface area contributed by atoms with Crippen LogP contribution in [-0.2, 0) is 14.4 Å². The minimum Gasteiger partial charge on any atom is -0.479 e. The van der Waals surface area contributed by atoms with Gasteiger partial charge < -0.3 is 5.11 Å². The monoisotopic (exact) mass is 259 g/mol. The normalized spacial score (nSPS) is 16.0. The maximum absolute atomic E-state index is 11.7. The van der Waals surface area contributed by atoms with Crippen LogP contribution >= 0.6 is 0 Å². The van der Waals surface area contributed by atoms with Gasteiger partial charge in [-0.15, -0.1) is 0 Å². The molecule has 1 unspecified atom stereocenters. The van der Waals surface area contributed by atoms with Crippen LogP contribution in [0.1, 0.15) is 22.7 Å². The number of imide groups is 1. The van der Waals surface area contributed by atoms with Gasteiger partial charge in [0.2, 0.25) is 0 Å². The maximum Gasteiger partial charge on any atom is 0.331 e. The molecule has 0 spiro atoms. The first-order chi connectivity index (χ1) is 8.93. The van der Waals surface area contributed by atoms with Gasteiger partial charge >= 0.3 is 5.97 Å². The van der Waals surface area contributed by atoms with E-state index in [0.29, 0.717) is 5.56 Å². The Morgan fingerprint density at radius 1 is 1.16 bits per heavy atom. The fourth-order valence-electron chi connectivity index (χ4n) is 2.12. The summed E-state index contributed by atoms with van der Waals surface area (Å²) in [6.45, 7) is 3.63. The molecular formula is C14H13NO4. The smallest absolute Gasteiger partial charge is 0.331 e. The van der Waals surface area contributed by atoms with E-state index in [1.54, 1.807) is 19.1 Å². The SMILES string of the molecule is Cc1cccc(C(C(=O)O)N2C(=O)C=CC2=O)c1C. The Morgan fingerprint density at radius 2 is 1.74 bits per heavy atom. The van der Waals surface area contributed by atoms with Crippen LogP contribution in [0.5, 0.6) is 0 Å². The van der Waals surface area contributed by atoms with Crippen LogP contribution in [0.25, 0.3) is 0 Å². The number of benzene rings is 1. The Bertz CT molecular complexity index is 585. The molecule has 98 valence electrons. The van der Waals surface area contributed by atoms with Gasteiger partial charge in [-0.25, -0.2) is 4.79 Å². The van der Waals surface area contributed by atoms with E-state index in [2.05, 4.69) is 0 Å². The van der Waals surface area contributed by atoms with Crippen LogP contribution in [0.4, 0.5) is 0 Å². The zero-order chi connectivity index (χ0) is 14.2. The summed E-state index contributed by atoms with van der Waals surface area (Å²) in [6, 6.07) is 3.91. The van der Waals surface area contributed by atoms with E-state index in [-0.39, 0.29) is 0 Å². The minimum atomic E-state index is -1.28.